The molecule has 0 aliphatic carbocycles. The molecule has 25 heavy (non-hydrogen) atoms. The Balaban J connectivity index is 1.51. The minimum atomic E-state index is -0.286. The second-order valence-corrected chi connectivity index (χ2v) is 6.41. The van der Waals surface area contributed by atoms with Gasteiger partial charge in [-0.2, -0.15) is 0 Å². The summed E-state index contributed by atoms with van der Waals surface area (Å²) >= 11 is 0. The molecule has 1 fully saturated rings. The highest BCUT2D eigenvalue weighted by atomic mass is 19.1. The lowest BCUT2D eigenvalue weighted by atomic mass is 10.1. The number of benzene rings is 2. The zero-order valence-corrected chi connectivity index (χ0v) is 14.2. The molecule has 1 N–H and O–H groups in total. The van der Waals surface area contributed by atoms with Gasteiger partial charge in [0.05, 0.1) is 0 Å². The third-order valence-electron chi connectivity index (χ3n) is 4.37. The van der Waals surface area contributed by atoms with Gasteiger partial charge in [0.15, 0.2) is 0 Å². The molecular weight excluding hydrogens is 315 g/mol. The number of anilines is 1. The van der Waals surface area contributed by atoms with E-state index in [1.807, 2.05) is 12.1 Å². The summed E-state index contributed by atoms with van der Waals surface area (Å²) < 4.78 is 12.8. The fraction of sp³-hybridized carbons (Fsp3) is 0.286. The highest BCUT2D eigenvalue weighted by Gasteiger charge is 2.10. The van der Waals surface area contributed by atoms with Crippen molar-refractivity contribution in [1.82, 2.24) is 4.90 Å². The van der Waals surface area contributed by atoms with Gasteiger partial charge in [-0.15, -0.1) is 0 Å². The van der Waals surface area contributed by atoms with Gasteiger partial charge in [-0.25, -0.2) is 4.39 Å². The summed E-state index contributed by atoms with van der Waals surface area (Å²) in [6, 6.07) is 14.0. The first-order valence-electron chi connectivity index (χ1n) is 8.75. The number of hydrogen-bond donors (Lipinski definition) is 1. The molecule has 1 heterocycles. The van der Waals surface area contributed by atoms with Gasteiger partial charge in [-0.1, -0.05) is 30.7 Å². The van der Waals surface area contributed by atoms with Crippen molar-refractivity contribution >= 4 is 17.7 Å². The molecule has 0 radical (unpaired) electrons. The minimum Gasteiger partial charge on any atom is -0.323 e. The SMILES string of the molecule is O=C(/C=C/c1ccc(F)cc1)Nc1ccc(CN2CCCCC2)cc1. The summed E-state index contributed by atoms with van der Waals surface area (Å²) in [5, 5.41) is 2.84. The average molecular weight is 338 g/mol. The van der Waals surface area contributed by atoms with Crippen molar-refractivity contribution in [1.29, 1.82) is 0 Å². The van der Waals surface area contributed by atoms with E-state index in [4.69, 9.17) is 0 Å². The van der Waals surface area contributed by atoms with Crippen LogP contribution in [0.15, 0.2) is 54.6 Å². The number of hydrogen-bond acceptors (Lipinski definition) is 2. The predicted molar refractivity (Wildman–Crippen MR) is 99.6 cm³/mol. The molecule has 0 atom stereocenters. The monoisotopic (exact) mass is 338 g/mol. The van der Waals surface area contributed by atoms with Gasteiger partial charge in [0.25, 0.3) is 0 Å². The molecule has 0 unspecified atom stereocenters. The molecule has 0 bridgehead atoms. The largest absolute Gasteiger partial charge is 0.323 e. The van der Waals surface area contributed by atoms with Crippen molar-refractivity contribution in [2.75, 3.05) is 18.4 Å². The van der Waals surface area contributed by atoms with Crippen LogP contribution < -0.4 is 5.32 Å². The molecule has 130 valence electrons. The molecule has 1 saturated heterocycles. The number of piperidine rings is 1. The second kappa shape index (κ2) is 8.58. The van der Waals surface area contributed by atoms with Crippen molar-refractivity contribution in [3.63, 3.8) is 0 Å². The first kappa shape index (κ1) is 17.4. The van der Waals surface area contributed by atoms with Gasteiger partial charge in [-0.05, 0) is 67.4 Å². The lowest BCUT2D eigenvalue weighted by Crippen LogP contribution is -2.29. The summed E-state index contributed by atoms with van der Waals surface area (Å²) in [5.74, 6) is -0.487. The number of nitrogens with zero attached hydrogens (tertiary/aromatic N) is 1. The lowest BCUT2D eigenvalue weighted by Gasteiger charge is -2.26. The van der Waals surface area contributed by atoms with E-state index in [0.29, 0.717) is 0 Å². The van der Waals surface area contributed by atoms with Crippen LogP contribution in [0.25, 0.3) is 6.08 Å². The molecule has 0 saturated carbocycles. The number of rotatable bonds is 5. The molecule has 2 aromatic carbocycles. The van der Waals surface area contributed by atoms with Gasteiger partial charge in [0.1, 0.15) is 5.82 Å². The number of carbonyl (C=O) groups excluding carboxylic acids is 1. The molecule has 2 aromatic rings. The van der Waals surface area contributed by atoms with Crippen LogP contribution in [0.3, 0.4) is 0 Å². The quantitative estimate of drug-likeness (QED) is 0.816. The van der Waals surface area contributed by atoms with Crippen LogP contribution in [0.1, 0.15) is 30.4 Å². The van der Waals surface area contributed by atoms with E-state index in [9.17, 15) is 9.18 Å². The summed E-state index contributed by atoms with van der Waals surface area (Å²) in [6.07, 6.45) is 7.03. The Morgan fingerprint density at radius 2 is 1.68 bits per heavy atom. The highest BCUT2D eigenvalue weighted by molar-refractivity contribution is 6.01. The number of nitrogens with one attached hydrogen (secondary N) is 1. The summed E-state index contributed by atoms with van der Waals surface area (Å²) in [7, 11) is 0. The van der Waals surface area contributed by atoms with Crippen molar-refractivity contribution in [2.24, 2.45) is 0 Å². The van der Waals surface area contributed by atoms with E-state index in [1.165, 1.54) is 56.1 Å². The normalized spacial score (nSPS) is 15.4. The average Bonchev–Trinajstić information content (AvgIpc) is 2.64. The van der Waals surface area contributed by atoms with Crippen LogP contribution in [0.5, 0.6) is 0 Å². The van der Waals surface area contributed by atoms with E-state index in [0.717, 1.165) is 17.8 Å². The van der Waals surface area contributed by atoms with Crippen LogP contribution in [-0.2, 0) is 11.3 Å². The third-order valence-corrected chi connectivity index (χ3v) is 4.37. The van der Waals surface area contributed by atoms with Crippen LogP contribution >= 0.6 is 0 Å². The fourth-order valence-corrected chi connectivity index (χ4v) is 3.00. The maximum absolute atomic E-state index is 12.8. The van der Waals surface area contributed by atoms with Crippen molar-refractivity contribution in [3.8, 4) is 0 Å². The molecule has 0 aromatic heterocycles. The van der Waals surface area contributed by atoms with Crippen molar-refractivity contribution in [2.45, 2.75) is 25.8 Å². The molecule has 4 heteroatoms. The zero-order chi connectivity index (χ0) is 17.5. The number of likely N-dealkylation sites (tertiary alicyclic amines) is 1. The van der Waals surface area contributed by atoms with Gasteiger partial charge in [-0.3, -0.25) is 9.69 Å². The maximum atomic E-state index is 12.8. The molecule has 1 aliphatic rings. The Bertz CT molecular complexity index is 717. The van der Waals surface area contributed by atoms with E-state index in [1.54, 1.807) is 18.2 Å². The second-order valence-electron chi connectivity index (χ2n) is 6.41. The smallest absolute Gasteiger partial charge is 0.248 e. The molecule has 3 rings (SSSR count). The standard InChI is InChI=1S/C21H23FN2O/c22-19-9-4-17(5-10-19)8-13-21(25)23-20-11-6-18(7-12-20)16-24-14-2-1-3-15-24/h4-13H,1-3,14-16H2,(H,23,25)/b13-8+. The predicted octanol–water partition coefficient (Wildman–Crippen LogP) is 4.46. The Morgan fingerprint density at radius 1 is 1.00 bits per heavy atom. The number of carbonyl (C=O) groups is 1. The van der Waals surface area contributed by atoms with E-state index < -0.39 is 0 Å². The Morgan fingerprint density at radius 3 is 2.36 bits per heavy atom. The van der Waals surface area contributed by atoms with E-state index in [2.05, 4.69) is 22.3 Å². The summed E-state index contributed by atoms with van der Waals surface area (Å²) in [6.45, 7) is 3.32. The maximum Gasteiger partial charge on any atom is 0.248 e. The molecular formula is C21H23FN2O. The molecule has 1 aliphatic heterocycles. The van der Waals surface area contributed by atoms with Crippen LogP contribution in [0.4, 0.5) is 10.1 Å². The Kier molecular flexibility index (Phi) is 5.96. The van der Waals surface area contributed by atoms with Crippen LogP contribution in [0.2, 0.25) is 0 Å². The topological polar surface area (TPSA) is 32.3 Å². The van der Waals surface area contributed by atoms with E-state index >= 15 is 0 Å². The summed E-state index contributed by atoms with van der Waals surface area (Å²) in [4.78, 5) is 14.4. The Hall–Kier alpha value is -2.46. The van der Waals surface area contributed by atoms with Gasteiger partial charge < -0.3 is 5.32 Å². The zero-order valence-electron chi connectivity index (χ0n) is 14.2. The number of amides is 1. The lowest BCUT2D eigenvalue weighted by molar-refractivity contribution is -0.111. The van der Waals surface area contributed by atoms with Gasteiger partial charge in [0, 0.05) is 18.3 Å². The third kappa shape index (κ3) is 5.54. The molecule has 3 nitrogen and oxygen atoms in total. The fourth-order valence-electron chi connectivity index (χ4n) is 3.00. The Labute approximate surface area is 148 Å². The molecule has 0 spiro atoms. The van der Waals surface area contributed by atoms with E-state index in [-0.39, 0.29) is 11.7 Å². The van der Waals surface area contributed by atoms with Gasteiger partial charge in [0.2, 0.25) is 5.91 Å². The van der Waals surface area contributed by atoms with Crippen molar-refractivity contribution < 1.29 is 9.18 Å². The minimum absolute atomic E-state index is 0.201. The number of halogens is 1. The van der Waals surface area contributed by atoms with Crippen LogP contribution in [0, 0.1) is 5.82 Å². The van der Waals surface area contributed by atoms with Crippen molar-refractivity contribution in [3.05, 3.63) is 71.6 Å². The van der Waals surface area contributed by atoms with Gasteiger partial charge >= 0.3 is 0 Å². The van der Waals surface area contributed by atoms with Crippen LogP contribution in [-0.4, -0.2) is 23.9 Å². The molecule has 1 amide bonds. The first-order valence-corrected chi connectivity index (χ1v) is 8.75. The summed E-state index contributed by atoms with van der Waals surface area (Å²) in [5.41, 5.74) is 2.83. The highest BCUT2D eigenvalue weighted by Crippen LogP contribution is 2.15. The first-order chi connectivity index (χ1) is 12.2.